The minimum Gasteiger partial charge on any atom is -0.366 e. The molecule has 0 fully saturated rings. The molecule has 0 radical (unpaired) electrons. The van der Waals surface area contributed by atoms with Gasteiger partial charge in [0, 0.05) is 7.05 Å². The Hall–Kier alpha value is -1.84. The highest BCUT2D eigenvalue weighted by Gasteiger charge is 2.11. The van der Waals surface area contributed by atoms with Crippen LogP contribution in [0.25, 0.3) is 11.0 Å². The third kappa shape index (κ3) is 1.08. The third-order valence-electron chi connectivity index (χ3n) is 2.40. The standard InChI is InChI=1S/C10H11N3O/c1-6-12-9-7(10(11)14)4-3-5-8(9)13(6)2/h3-5H,1-2H3,(H2,11,14). The van der Waals surface area contributed by atoms with Crippen LogP contribution in [0.2, 0.25) is 0 Å². The fraction of sp³-hybridized carbons (Fsp3) is 0.200. The van der Waals surface area contributed by atoms with Crippen molar-refractivity contribution < 1.29 is 4.79 Å². The van der Waals surface area contributed by atoms with Crippen LogP contribution in [0.1, 0.15) is 16.2 Å². The summed E-state index contributed by atoms with van der Waals surface area (Å²) in [6, 6.07) is 5.42. The smallest absolute Gasteiger partial charge is 0.250 e. The van der Waals surface area contributed by atoms with Crippen molar-refractivity contribution in [1.82, 2.24) is 9.55 Å². The molecule has 14 heavy (non-hydrogen) atoms. The molecule has 1 heterocycles. The van der Waals surface area contributed by atoms with Crippen molar-refractivity contribution in [3.63, 3.8) is 0 Å². The minimum atomic E-state index is -0.436. The van der Waals surface area contributed by atoms with E-state index in [1.165, 1.54) is 0 Å². The number of hydrogen-bond acceptors (Lipinski definition) is 2. The molecule has 0 saturated carbocycles. The first-order valence-corrected chi connectivity index (χ1v) is 4.33. The first-order valence-electron chi connectivity index (χ1n) is 4.33. The molecule has 0 spiro atoms. The van der Waals surface area contributed by atoms with Gasteiger partial charge in [-0.2, -0.15) is 0 Å². The summed E-state index contributed by atoms with van der Waals surface area (Å²) in [5.41, 5.74) is 7.34. The topological polar surface area (TPSA) is 60.9 Å². The average Bonchev–Trinajstić information content (AvgIpc) is 2.43. The van der Waals surface area contributed by atoms with Crippen LogP contribution in [0.4, 0.5) is 0 Å². The highest BCUT2D eigenvalue weighted by Crippen LogP contribution is 2.18. The van der Waals surface area contributed by atoms with Crippen LogP contribution in [-0.4, -0.2) is 15.5 Å². The van der Waals surface area contributed by atoms with E-state index in [4.69, 9.17) is 5.73 Å². The molecule has 1 aromatic heterocycles. The van der Waals surface area contributed by atoms with Crippen molar-refractivity contribution in [3.8, 4) is 0 Å². The third-order valence-corrected chi connectivity index (χ3v) is 2.40. The number of rotatable bonds is 1. The molecule has 72 valence electrons. The number of benzene rings is 1. The monoisotopic (exact) mass is 189 g/mol. The lowest BCUT2D eigenvalue weighted by molar-refractivity contribution is 0.100. The van der Waals surface area contributed by atoms with E-state index in [1.807, 2.05) is 30.7 Å². The van der Waals surface area contributed by atoms with Gasteiger partial charge in [0.15, 0.2) is 0 Å². The van der Waals surface area contributed by atoms with Crippen LogP contribution in [0.5, 0.6) is 0 Å². The van der Waals surface area contributed by atoms with Gasteiger partial charge in [0.2, 0.25) is 0 Å². The predicted molar refractivity (Wildman–Crippen MR) is 54.0 cm³/mol. The first-order chi connectivity index (χ1) is 6.61. The quantitative estimate of drug-likeness (QED) is 0.726. The van der Waals surface area contributed by atoms with Crippen LogP contribution in [0.3, 0.4) is 0 Å². The fourth-order valence-electron chi connectivity index (χ4n) is 1.53. The highest BCUT2D eigenvalue weighted by molar-refractivity contribution is 6.04. The molecule has 0 aliphatic rings. The van der Waals surface area contributed by atoms with Gasteiger partial charge in [0.05, 0.1) is 11.1 Å². The van der Waals surface area contributed by atoms with E-state index in [2.05, 4.69) is 4.98 Å². The molecule has 1 amide bonds. The summed E-state index contributed by atoms with van der Waals surface area (Å²) >= 11 is 0. The number of hydrogen-bond donors (Lipinski definition) is 1. The Morgan fingerprint density at radius 2 is 2.21 bits per heavy atom. The van der Waals surface area contributed by atoms with Crippen molar-refractivity contribution in [3.05, 3.63) is 29.6 Å². The number of primary amides is 1. The molecule has 0 aliphatic heterocycles. The molecule has 2 rings (SSSR count). The van der Waals surface area contributed by atoms with Crippen LogP contribution >= 0.6 is 0 Å². The van der Waals surface area contributed by atoms with Crippen LogP contribution in [0, 0.1) is 6.92 Å². The van der Waals surface area contributed by atoms with Crippen molar-refractivity contribution >= 4 is 16.9 Å². The van der Waals surface area contributed by atoms with Gasteiger partial charge in [0.1, 0.15) is 11.3 Å². The van der Waals surface area contributed by atoms with Crippen LogP contribution < -0.4 is 5.73 Å². The van der Waals surface area contributed by atoms with E-state index in [9.17, 15) is 4.79 Å². The number of imidazole rings is 1. The number of nitrogens with zero attached hydrogens (tertiary/aromatic N) is 2. The molecule has 0 unspecified atom stereocenters. The number of fused-ring (bicyclic) bond motifs is 1. The van der Waals surface area contributed by atoms with E-state index in [-0.39, 0.29) is 0 Å². The molecule has 0 atom stereocenters. The lowest BCUT2D eigenvalue weighted by Gasteiger charge is -1.97. The SMILES string of the molecule is Cc1nc2c(C(N)=O)cccc2n1C. The summed E-state index contributed by atoms with van der Waals surface area (Å²) < 4.78 is 1.93. The zero-order valence-electron chi connectivity index (χ0n) is 8.11. The second kappa shape index (κ2) is 2.83. The van der Waals surface area contributed by atoms with E-state index in [0.717, 1.165) is 11.3 Å². The molecule has 0 bridgehead atoms. The maximum atomic E-state index is 11.1. The van der Waals surface area contributed by atoms with E-state index in [1.54, 1.807) is 6.07 Å². The van der Waals surface area contributed by atoms with Crippen molar-refractivity contribution in [2.75, 3.05) is 0 Å². The van der Waals surface area contributed by atoms with Crippen molar-refractivity contribution in [1.29, 1.82) is 0 Å². The molecular formula is C10H11N3O. The summed E-state index contributed by atoms with van der Waals surface area (Å²) in [4.78, 5) is 15.4. The van der Waals surface area contributed by atoms with Gasteiger partial charge in [-0.25, -0.2) is 4.98 Å². The first kappa shape index (κ1) is 8.74. The summed E-state index contributed by atoms with van der Waals surface area (Å²) in [6.07, 6.45) is 0. The van der Waals surface area contributed by atoms with Crippen LogP contribution in [-0.2, 0) is 7.05 Å². The normalized spacial score (nSPS) is 10.7. The van der Waals surface area contributed by atoms with Gasteiger partial charge < -0.3 is 10.3 Å². The van der Waals surface area contributed by atoms with Gasteiger partial charge in [-0.1, -0.05) is 6.07 Å². The van der Waals surface area contributed by atoms with E-state index in [0.29, 0.717) is 11.1 Å². The molecule has 4 heteroatoms. The number of amides is 1. The Bertz CT molecular complexity index is 513. The molecular weight excluding hydrogens is 178 g/mol. The Balaban J connectivity index is 2.88. The average molecular weight is 189 g/mol. The zero-order chi connectivity index (χ0) is 10.3. The molecule has 2 aromatic rings. The molecule has 0 saturated heterocycles. The van der Waals surface area contributed by atoms with Gasteiger partial charge >= 0.3 is 0 Å². The summed E-state index contributed by atoms with van der Waals surface area (Å²) in [6.45, 7) is 1.89. The number of para-hydroxylation sites is 1. The van der Waals surface area contributed by atoms with Crippen molar-refractivity contribution in [2.24, 2.45) is 12.8 Å². The lowest BCUT2D eigenvalue weighted by Crippen LogP contribution is -2.11. The van der Waals surface area contributed by atoms with E-state index < -0.39 is 5.91 Å². The summed E-state index contributed by atoms with van der Waals surface area (Å²) in [5.74, 6) is 0.433. The maximum absolute atomic E-state index is 11.1. The largest absolute Gasteiger partial charge is 0.366 e. The Kier molecular flexibility index (Phi) is 1.77. The Labute approximate surface area is 81.3 Å². The van der Waals surface area contributed by atoms with Crippen molar-refractivity contribution in [2.45, 2.75) is 6.92 Å². The van der Waals surface area contributed by atoms with Gasteiger partial charge in [0.25, 0.3) is 5.91 Å². The molecule has 2 N–H and O–H groups in total. The lowest BCUT2D eigenvalue weighted by atomic mass is 10.2. The van der Waals surface area contributed by atoms with Gasteiger partial charge in [-0.15, -0.1) is 0 Å². The van der Waals surface area contributed by atoms with E-state index >= 15 is 0 Å². The minimum absolute atomic E-state index is 0.436. The second-order valence-corrected chi connectivity index (χ2v) is 3.26. The second-order valence-electron chi connectivity index (χ2n) is 3.26. The molecule has 4 nitrogen and oxygen atoms in total. The number of carbonyl (C=O) groups excluding carboxylic acids is 1. The number of aryl methyl sites for hydroxylation is 2. The summed E-state index contributed by atoms with van der Waals surface area (Å²) in [7, 11) is 1.91. The fourth-order valence-corrected chi connectivity index (χ4v) is 1.53. The predicted octanol–water partition coefficient (Wildman–Crippen LogP) is 0.981. The van der Waals surface area contributed by atoms with Gasteiger partial charge in [-0.05, 0) is 19.1 Å². The zero-order valence-corrected chi connectivity index (χ0v) is 8.11. The number of nitrogens with two attached hydrogens (primary N) is 1. The van der Waals surface area contributed by atoms with Gasteiger partial charge in [-0.3, -0.25) is 4.79 Å². The number of aromatic nitrogens is 2. The molecule has 0 aliphatic carbocycles. The molecule has 1 aromatic carbocycles. The maximum Gasteiger partial charge on any atom is 0.250 e. The Morgan fingerprint density at radius 3 is 2.86 bits per heavy atom. The summed E-state index contributed by atoms with van der Waals surface area (Å²) in [5, 5.41) is 0. The Morgan fingerprint density at radius 1 is 1.50 bits per heavy atom. The van der Waals surface area contributed by atoms with Crippen LogP contribution in [0.15, 0.2) is 18.2 Å². The highest BCUT2D eigenvalue weighted by atomic mass is 16.1. The number of carbonyl (C=O) groups is 1.